The third-order valence-electron chi connectivity index (χ3n) is 2.22. The fourth-order valence-electron chi connectivity index (χ4n) is 1.31. The number of rotatable bonds is 2. The average molecular weight is 184 g/mol. The first-order valence-corrected chi connectivity index (χ1v) is 4.91. The van der Waals surface area contributed by atoms with E-state index in [9.17, 15) is 9.59 Å². The Balaban J connectivity index is 2.80. The monoisotopic (exact) mass is 184 g/mol. The van der Waals surface area contributed by atoms with Crippen LogP contribution in [0, 0.1) is 5.41 Å². The highest BCUT2D eigenvalue weighted by Gasteiger charge is 2.39. The molecule has 2 nitrogen and oxygen atoms in total. The number of carbonyl (C=O) groups excluding carboxylic acids is 2. The SMILES string of the molecule is C=CCC1(C)CCSC(=O)C1=O. The van der Waals surface area contributed by atoms with Gasteiger partial charge in [-0.2, -0.15) is 0 Å². The third kappa shape index (κ3) is 1.61. The van der Waals surface area contributed by atoms with E-state index in [2.05, 4.69) is 6.58 Å². The second kappa shape index (κ2) is 3.44. The molecule has 66 valence electrons. The van der Waals surface area contributed by atoms with Crippen LogP contribution in [0.4, 0.5) is 0 Å². The minimum Gasteiger partial charge on any atom is -0.289 e. The van der Waals surface area contributed by atoms with E-state index in [1.807, 2.05) is 6.92 Å². The summed E-state index contributed by atoms with van der Waals surface area (Å²) in [5.74, 6) is 0.521. The standard InChI is InChI=1S/C9H12O2S/c1-3-4-9(2)5-6-12-8(11)7(9)10/h3H,1,4-6H2,2H3. The normalized spacial score (nSPS) is 30.4. The van der Waals surface area contributed by atoms with Gasteiger partial charge in [0, 0.05) is 11.2 Å². The van der Waals surface area contributed by atoms with Crippen molar-refractivity contribution >= 4 is 22.7 Å². The van der Waals surface area contributed by atoms with Crippen molar-refractivity contribution in [1.29, 1.82) is 0 Å². The lowest BCUT2D eigenvalue weighted by Crippen LogP contribution is -2.36. The van der Waals surface area contributed by atoms with Crippen molar-refractivity contribution in [2.24, 2.45) is 5.41 Å². The number of carbonyl (C=O) groups is 2. The summed E-state index contributed by atoms with van der Waals surface area (Å²) in [5.41, 5.74) is -0.468. The molecule has 1 saturated heterocycles. The highest BCUT2D eigenvalue weighted by molar-refractivity contribution is 8.15. The Bertz CT molecular complexity index is 235. The van der Waals surface area contributed by atoms with Gasteiger partial charge >= 0.3 is 0 Å². The zero-order valence-corrected chi connectivity index (χ0v) is 7.95. The van der Waals surface area contributed by atoms with Gasteiger partial charge in [0.05, 0.1) is 0 Å². The first-order valence-electron chi connectivity index (χ1n) is 3.92. The summed E-state index contributed by atoms with van der Waals surface area (Å²) in [6, 6.07) is 0. The molecular weight excluding hydrogens is 172 g/mol. The molecule has 0 aromatic rings. The Morgan fingerprint density at radius 2 is 2.33 bits per heavy atom. The van der Waals surface area contributed by atoms with E-state index >= 15 is 0 Å². The summed E-state index contributed by atoms with van der Waals surface area (Å²) in [4.78, 5) is 22.5. The van der Waals surface area contributed by atoms with Gasteiger partial charge < -0.3 is 0 Å². The minimum absolute atomic E-state index is 0.237. The van der Waals surface area contributed by atoms with Gasteiger partial charge in [-0.1, -0.05) is 24.8 Å². The van der Waals surface area contributed by atoms with Crippen molar-refractivity contribution < 1.29 is 9.59 Å². The Morgan fingerprint density at radius 3 is 2.92 bits per heavy atom. The lowest BCUT2D eigenvalue weighted by molar-refractivity contribution is -0.138. The maximum Gasteiger partial charge on any atom is 0.255 e. The number of allylic oxidation sites excluding steroid dienone is 1. The van der Waals surface area contributed by atoms with Crippen molar-refractivity contribution in [3.05, 3.63) is 12.7 Å². The molecule has 0 amide bonds. The van der Waals surface area contributed by atoms with Crippen molar-refractivity contribution in [2.75, 3.05) is 5.75 Å². The van der Waals surface area contributed by atoms with Crippen LogP contribution in [-0.4, -0.2) is 16.7 Å². The molecule has 0 radical (unpaired) electrons. The molecule has 1 atom stereocenters. The predicted octanol–water partition coefficient (Wildman–Crippen LogP) is 1.80. The molecule has 3 heteroatoms. The molecule has 1 fully saturated rings. The molecule has 1 unspecified atom stereocenters. The maximum absolute atomic E-state index is 11.4. The van der Waals surface area contributed by atoms with E-state index < -0.39 is 5.41 Å². The first-order chi connectivity index (χ1) is 5.60. The minimum atomic E-state index is -0.468. The summed E-state index contributed by atoms with van der Waals surface area (Å²) in [5, 5.41) is -0.286. The molecular formula is C9H12O2S. The fourth-order valence-corrected chi connectivity index (χ4v) is 2.42. The van der Waals surface area contributed by atoms with Crippen LogP contribution in [0.2, 0.25) is 0 Å². The third-order valence-corrected chi connectivity index (χ3v) is 3.07. The highest BCUT2D eigenvalue weighted by atomic mass is 32.2. The van der Waals surface area contributed by atoms with Gasteiger partial charge in [-0.3, -0.25) is 9.59 Å². The van der Waals surface area contributed by atoms with Gasteiger partial charge in [0.2, 0.25) is 5.78 Å². The topological polar surface area (TPSA) is 34.1 Å². The van der Waals surface area contributed by atoms with Gasteiger partial charge in [-0.05, 0) is 12.8 Å². The average Bonchev–Trinajstić information content (AvgIpc) is 2.01. The summed E-state index contributed by atoms with van der Waals surface area (Å²) in [7, 11) is 0. The lowest BCUT2D eigenvalue weighted by atomic mass is 9.80. The van der Waals surface area contributed by atoms with Gasteiger partial charge in [-0.15, -0.1) is 6.58 Å². The zero-order chi connectivity index (χ0) is 9.19. The number of hydrogen-bond donors (Lipinski definition) is 0. The van der Waals surface area contributed by atoms with Crippen LogP contribution in [0.25, 0.3) is 0 Å². The molecule has 1 heterocycles. The van der Waals surface area contributed by atoms with Gasteiger partial charge in [0.1, 0.15) is 0 Å². The van der Waals surface area contributed by atoms with E-state index in [-0.39, 0.29) is 10.9 Å². The molecule has 1 aliphatic rings. The van der Waals surface area contributed by atoms with E-state index in [0.717, 1.165) is 23.9 Å². The largest absolute Gasteiger partial charge is 0.289 e. The number of ketones is 1. The Morgan fingerprint density at radius 1 is 1.67 bits per heavy atom. The van der Waals surface area contributed by atoms with Crippen LogP contribution >= 0.6 is 11.8 Å². The Hall–Kier alpha value is -0.570. The first kappa shape index (κ1) is 9.52. The molecule has 0 spiro atoms. The van der Waals surface area contributed by atoms with E-state index in [4.69, 9.17) is 0 Å². The van der Waals surface area contributed by atoms with Gasteiger partial charge in [0.15, 0.2) is 0 Å². The summed E-state index contributed by atoms with van der Waals surface area (Å²) >= 11 is 1.13. The van der Waals surface area contributed by atoms with Crippen molar-refractivity contribution in [2.45, 2.75) is 19.8 Å². The molecule has 0 aromatic heterocycles. The van der Waals surface area contributed by atoms with Gasteiger partial charge in [0.25, 0.3) is 5.12 Å². The van der Waals surface area contributed by atoms with Crippen molar-refractivity contribution in [3.63, 3.8) is 0 Å². The van der Waals surface area contributed by atoms with Crippen molar-refractivity contribution in [1.82, 2.24) is 0 Å². The summed E-state index contributed by atoms with van der Waals surface area (Å²) in [6.45, 7) is 5.43. The van der Waals surface area contributed by atoms with Crippen molar-refractivity contribution in [3.8, 4) is 0 Å². The van der Waals surface area contributed by atoms with E-state index in [1.54, 1.807) is 6.08 Å². The van der Waals surface area contributed by atoms with Gasteiger partial charge in [-0.25, -0.2) is 0 Å². The van der Waals surface area contributed by atoms with Crippen LogP contribution in [0.5, 0.6) is 0 Å². The summed E-state index contributed by atoms with van der Waals surface area (Å²) < 4.78 is 0. The van der Waals surface area contributed by atoms with Crippen LogP contribution < -0.4 is 0 Å². The zero-order valence-electron chi connectivity index (χ0n) is 7.13. The second-order valence-electron chi connectivity index (χ2n) is 3.27. The lowest BCUT2D eigenvalue weighted by Gasteiger charge is -2.28. The Kier molecular flexibility index (Phi) is 2.73. The Labute approximate surface area is 76.4 Å². The molecule has 12 heavy (non-hydrogen) atoms. The highest BCUT2D eigenvalue weighted by Crippen LogP contribution is 2.35. The van der Waals surface area contributed by atoms with Crippen LogP contribution in [0.15, 0.2) is 12.7 Å². The summed E-state index contributed by atoms with van der Waals surface area (Å²) in [6.07, 6.45) is 3.10. The van der Waals surface area contributed by atoms with Crippen LogP contribution in [0.1, 0.15) is 19.8 Å². The second-order valence-corrected chi connectivity index (χ2v) is 4.34. The number of thioether (sulfide) groups is 1. The maximum atomic E-state index is 11.4. The van der Waals surface area contributed by atoms with Crippen LogP contribution in [-0.2, 0) is 9.59 Å². The fraction of sp³-hybridized carbons (Fsp3) is 0.556. The number of hydrogen-bond acceptors (Lipinski definition) is 3. The molecule has 0 bridgehead atoms. The quantitative estimate of drug-likeness (QED) is 0.485. The predicted molar refractivity (Wildman–Crippen MR) is 50.0 cm³/mol. The molecule has 0 aliphatic carbocycles. The molecule has 1 rings (SSSR count). The molecule has 1 aliphatic heterocycles. The van der Waals surface area contributed by atoms with Crippen LogP contribution in [0.3, 0.4) is 0 Å². The molecule has 0 saturated carbocycles. The number of Topliss-reactive ketones (excluding diaryl/α,β-unsaturated/α-hetero) is 1. The smallest absolute Gasteiger partial charge is 0.255 e. The molecule has 0 N–H and O–H groups in total. The van der Waals surface area contributed by atoms with E-state index in [0.29, 0.717) is 6.42 Å². The molecule has 0 aromatic carbocycles. The van der Waals surface area contributed by atoms with E-state index in [1.165, 1.54) is 0 Å².